The molecule has 0 saturated carbocycles. The molecular formula is C8H4BrN5OS. The highest BCUT2D eigenvalue weighted by Gasteiger charge is 2.10. The van der Waals surface area contributed by atoms with E-state index in [2.05, 4.69) is 35.6 Å². The molecule has 0 radical (unpaired) electrons. The molecule has 0 unspecified atom stereocenters. The number of H-pyrrole nitrogens is 1. The third kappa shape index (κ3) is 2.10. The fraction of sp³-hybridized carbons (Fsp3) is 0. The van der Waals surface area contributed by atoms with Crippen molar-refractivity contribution in [3.8, 4) is 6.07 Å². The van der Waals surface area contributed by atoms with Crippen LogP contribution in [0.2, 0.25) is 0 Å². The van der Waals surface area contributed by atoms with Crippen molar-refractivity contribution in [2.45, 2.75) is 0 Å². The fourth-order valence-corrected chi connectivity index (χ4v) is 2.01. The van der Waals surface area contributed by atoms with E-state index in [-0.39, 0.29) is 5.56 Å². The first-order valence-corrected chi connectivity index (χ1v) is 5.68. The molecule has 2 rings (SSSR count). The van der Waals surface area contributed by atoms with Crippen molar-refractivity contribution < 1.29 is 0 Å². The Bertz CT molecular complexity index is 613. The molecule has 2 aromatic rings. The van der Waals surface area contributed by atoms with Gasteiger partial charge in [-0.1, -0.05) is 0 Å². The zero-order chi connectivity index (χ0) is 11.5. The number of nitrogens with zero attached hydrogens (tertiary/aromatic N) is 3. The largest absolute Gasteiger partial charge is 0.329 e. The lowest BCUT2D eigenvalue weighted by Gasteiger charge is -2.01. The Labute approximate surface area is 102 Å². The maximum Gasteiger partial charge on any atom is 0.278 e. The number of rotatable bonds is 2. The SMILES string of the molecule is N#Cc1c(Nc2cc(Br)ncn2)s[nH]c1=O. The molecule has 6 nitrogen and oxygen atoms in total. The van der Waals surface area contributed by atoms with Crippen LogP contribution in [-0.4, -0.2) is 14.3 Å². The van der Waals surface area contributed by atoms with Gasteiger partial charge in [0.25, 0.3) is 5.56 Å². The van der Waals surface area contributed by atoms with E-state index in [4.69, 9.17) is 5.26 Å². The lowest BCUT2D eigenvalue weighted by atomic mass is 10.4. The maximum absolute atomic E-state index is 11.2. The second-order valence-corrected chi connectivity index (χ2v) is 4.33. The number of aromatic amines is 1. The molecule has 0 saturated heterocycles. The van der Waals surface area contributed by atoms with E-state index in [1.807, 2.05) is 6.07 Å². The highest BCUT2D eigenvalue weighted by Crippen LogP contribution is 2.21. The first kappa shape index (κ1) is 10.8. The highest BCUT2D eigenvalue weighted by molar-refractivity contribution is 9.10. The molecule has 16 heavy (non-hydrogen) atoms. The summed E-state index contributed by atoms with van der Waals surface area (Å²) in [4.78, 5) is 19.0. The molecule has 2 heterocycles. The molecule has 0 atom stereocenters. The lowest BCUT2D eigenvalue weighted by molar-refractivity contribution is 1.14. The number of anilines is 2. The molecule has 2 N–H and O–H groups in total. The van der Waals surface area contributed by atoms with Crippen molar-refractivity contribution in [3.05, 3.63) is 32.9 Å². The van der Waals surface area contributed by atoms with E-state index in [9.17, 15) is 4.79 Å². The smallest absolute Gasteiger partial charge is 0.278 e. The monoisotopic (exact) mass is 297 g/mol. The van der Waals surface area contributed by atoms with Crippen molar-refractivity contribution in [2.75, 3.05) is 5.32 Å². The summed E-state index contributed by atoms with van der Waals surface area (Å²) in [5.74, 6) is 0.508. The first-order chi connectivity index (χ1) is 7.70. The topological polar surface area (TPSA) is 94.5 Å². The summed E-state index contributed by atoms with van der Waals surface area (Å²) >= 11 is 4.25. The van der Waals surface area contributed by atoms with Gasteiger partial charge in [0.1, 0.15) is 27.8 Å². The minimum atomic E-state index is -0.400. The molecule has 2 aromatic heterocycles. The molecule has 0 amide bonds. The summed E-state index contributed by atoms with van der Waals surface area (Å²) < 4.78 is 3.09. The van der Waals surface area contributed by atoms with Crippen LogP contribution in [-0.2, 0) is 0 Å². The van der Waals surface area contributed by atoms with Crippen molar-refractivity contribution in [3.63, 3.8) is 0 Å². The van der Waals surface area contributed by atoms with Crippen LogP contribution in [0.1, 0.15) is 5.56 Å². The zero-order valence-corrected chi connectivity index (χ0v) is 10.1. The van der Waals surface area contributed by atoms with Gasteiger partial charge in [0.2, 0.25) is 0 Å². The molecule has 0 aliphatic carbocycles. The molecule has 0 bridgehead atoms. The van der Waals surface area contributed by atoms with Gasteiger partial charge in [0.15, 0.2) is 5.56 Å². The quantitative estimate of drug-likeness (QED) is 0.821. The molecule has 0 aliphatic heterocycles. The Morgan fingerprint density at radius 2 is 2.38 bits per heavy atom. The predicted molar refractivity (Wildman–Crippen MR) is 62.7 cm³/mol. The van der Waals surface area contributed by atoms with Crippen LogP contribution < -0.4 is 10.9 Å². The van der Waals surface area contributed by atoms with Gasteiger partial charge in [-0.05, 0) is 27.5 Å². The lowest BCUT2D eigenvalue weighted by Crippen LogP contribution is -2.03. The zero-order valence-electron chi connectivity index (χ0n) is 7.69. The van der Waals surface area contributed by atoms with Gasteiger partial charge in [-0.15, -0.1) is 0 Å². The third-order valence-electron chi connectivity index (χ3n) is 1.69. The molecule has 0 aromatic carbocycles. The van der Waals surface area contributed by atoms with E-state index in [1.165, 1.54) is 6.33 Å². The van der Waals surface area contributed by atoms with E-state index in [0.29, 0.717) is 15.4 Å². The van der Waals surface area contributed by atoms with Gasteiger partial charge in [-0.2, -0.15) is 5.26 Å². The first-order valence-electron chi connectivity index (χ1n) is 4.07. The molecule has 0 spiro atoms. The summed E-state index contributed by atoms with van der Waals surface area (Å²) in [6, 6.07) is 3.47. The van der Waals surface area contributed by atoms with Gasteiger partial charge >= 0.3 is 0 Å². The standard InChI is InChI=1S/C8H4BrN5OS/c9-5-1-6(12-3-11-5)13-8-4(2-10)7(15)14-16-8/h1,3H,(H,14,15)(H,11,12,13). The second kappa shape index (κ2) is 4.42. The van der Waals surface area contributed by atoms with E-state index in [0.717, 1.165) is 11.5 Å². The average molecular weight is 298 g/mol. The van der Waals surface area contributed by atoms with Crippen LogP contribution in [0.15, 0.2) is 21.8 Å². The number of hydrogen-bond acceptors (Lipinski definition) is 6. The van der Waals surface area contributed by atoms with Crippen LogP contribution in [0.3, 0.4) is 0 Å². The van der Waals surface area contributed by atoms with Crippen LogP contribution >= 0.6 is 27.5 Å². The Morgan fingerprint density at radius 3 is 3.06 bits per heavy atom. The van der Waals surface area contributed by atoms with Gasteiger partial charge in [0.05, 0.1) is 0 Å². The number of aromatic nitrogens is 3. The molecule has 8 heteroatoms. The Hall–Kier alpha value is -1.72. The summed E-state index contributed by atoms with van der Waals surface area (Å²) in [7, 11) is 0. The number of nitrogens with one attached hydrogen (secondary N) is 2. The average Bonchev–Trinajstić information content (AvgIpc) is 2.59. The minimum absolute atomic E-state index is 0.0553. The van der Waals surface area contributed by atoms with Gasteiger partial charge < -0.3 is 5.32 Å². The maximum atomic E-state index is 11.2. The number of halogens is 1. The number of nitriles is 1. The van der Waals surface area contributed by atoms with Crippen LogP contribution in [0.4, 0.5) is 10.8 Å². The van der Waals surface area contributed by atoms with E-state index < -0.39 is 5.56 Å². The van der Waals surface area contributed by atoms with Crippen LogP contribution in [0.25, 0.3) is 0 Å². The second-order valence-electron chi connectivity index (χ2n) is 2.70. The molecular weight excluding hydrogens is 294 g/mol. The fourth-order valence-electron chi connectivity index (χ4n) is 1.01. The normalized spacial score (nSPS) is 9.75. The van der Waals surface area contributed by atoms with Crippen molar-refractivity contribution >= 4 is 38.3 Å². The minimum Gasteiger partial charge on any atom is -0.329 e. The summed E-state index contributed by atoms with van der Waals surface area (Å²) in [5, 5.41) is 12.1. The van der Waals surface area contributed by atoms with Crippen LogP contribution in [0, 0.1) is 11.3 Å². The molecule has 80 valence electrons. The van der Waals surface area contributed by atoms with Gasteiger partial charge in [-0.3, -0.25) is 9.17 Å². The number of hydrogen-bond donors (Lipinski definition) is 2. The summed E-state index contributed by atoms with van der Waals surface area (Å²) in [6.07, 6.45) is 1.37. The van der Waals surface area contributed by atoms with Crippen molar-refractivity contribution in [2.24, 2.45) is 0 Å². The Balaban J connectivity index is 2.35. The van der Waals surface area contributed by atoms with E-state index >= 15 is 0 Å². The highest BCUT2D eigenvalue weighted by atomic mass is 79.9. The van der Waals surface area contributed by atoms with Gasteiger partial charge in [0, 0.05) is 6.07 Å². The Morgan fingerprint density at radius 1 is 1.56 bits per heavy atom. The van der Waals surface area contributed by atoms with Crippen molar-refractivity contribution in [1.29, 1.82) is 5.26 Å². The Kier molecular flexibility index (Phi) is 2.98. The molecule has 0 fully saturated rings. The molecule has 0 aliphatic rings. The summed E-state index contributed by atoms with van der Waals surface area (Å²) in [6.45, 7) is 0. The van der Waals surface area contributed by atoms with Gasteiger partial charge in [-0.25, -0.2) is 9.97 Å². The van der Waals surface area contributed by atoms with E-state index in [1.54, 1.807) is 6.07 Å². The third-order valence-corrected chi connectivity index (χ3v) is 2.92. The predicted octanol–water partition coefficient (Wildman–Crippen LogP) is 1.60. The van der Waals surface area contributed by atoms with Crippen molar-refractivity contribution in [1.82, 2.24) is 14.3 Å². The summed E-state index contributed by atoms with van der Waals surface area (Å²) in [5.41, 5.74) is -0.345. The van der Waals surface area contributed by atoms with Crippen LogP contribution in [0.5, 0.6) is 0 Å².